The van der Waals surface area contributed by atoms with E-state index in [-0.39, 0.29) is 0 Å². The number of rotatable bonds is 5. The number of aromatic nitrogens is 4. The molecule has 5 nitrogen and oxygen atoms in total. The third-order valence-corrected chi connectivity index (χ3v) is 3.19. The van der Waals surface area contributed by atoms with Gasteiger partial charge in [0.25, 0.3) is 0 Å². The van der Waals surface area contributed by atoms with Crippen LogP contribution in [0.3, 0.4) is 0 Å². The highest BCUT2D eigenvalue weighted by atomic mass is 32.2. The van der Waals surface area contributed by atoms with Crippen molar-refractivity contribution in [1.29, 1.82) is 5.41 Å². The van der Waals surface area contributed by atoms with Crippen molar-refractivity contribution < 1.29 is 0 Å². The fourth-order valence-corrected chi connectivity index (χ4v) is 1.83. The molecule has 2 rings (SSSR count). The SMILES string of the molecule is CCC(=N)/C=C\c1ncc(-c2cc(SC)ncn2)[nH]1. The average Bonchev–Trinajstić information content (AvgIpc) is 2.93. The number of hydrogen-bond donors (Lipinski definition) is 2. The van der Waals surface area contributed by atoms with Crippen LogP contribution >= 0.6 is 11.8 Å². The largest absolute Gasteiger partial charge is 0.337 e. The van der Waals surface area contributed by atoms with Crippen LogP contribution < -0.4 is 0 Å². The Labute approximate surface area is 116 Å². The Hall–Kier alpha value is -1.95. The monoisotopic (exact) mass is 273 g/mol. The Morgan fingerprint density at radius 3 is 3.00 bits per heavy atom. The van der Waals surface area contributed by atoms with Gasteiger partial charge in [-0.3, -0.25) is 0 Å². The number of allylic oxidation sites excluding steroid dienone is 1. The third kappa shape index (κ3) is 3.51. The first-order valence-corrected chi connectivity index (χ1v) is 7.12. The second-order valence-corrected chi connectivity index (χ2v) is 4.67. The zero-order valence-corrected chi connectivity index (χ0v) is 11.7. The van der Waals surface area contributed by atoms with E-state index in [1.807, 2.05) is 19.2 Å². The van der Waals surface area contributed by atoms with Crippen LogP contribution in [0, 0.1) is 5.41 Å². The second kappa shape index (κ2) is 6.29. The summed E-state index contributed by atoms with van der Waals surface area (Å²) in [4.78, 5) is 15.8. The molecule has 6 heteroatoms. The van der Waals surface area contributed by atoms with E-state index in [1.165, 1.54) is 0 Å². The molecule has 0 aliphatic heterocycles. The molecule has 0 bridgehead atoms. The molecular formula is C13H15N5S. The van der Waals surface area contributed by atoms with E-state index in [4.69, 9.17) is 5.41 Å². The molecule has 0 saturated carbocycles. The Morgan fingerprint density at radius 1 is 1.42 bits per heavy atom. The lowest BCUT2D eigenvalue weighted by molar-refractivity contribution is 1.05. The Balaban J connectivity index is 2.20. The van der Waals surface area contributed by atoms with Crippen LogP contribution in [0.2, 0.25) is 0 Å². The molecule has 2 aromatic rings. The Kier molecular flexibility index (Phi) is 4.46. The van der Waals surface area contributed by atoms with Gasteiger partial charge >= 0.3 is 0 Å². The first-order chi connectivity index (χ1) is 9.22. The van der Waals surface area contributed by atoms with E-state index in [9.17, 15) is 0 Å². The van der Waals surface area contributed by atoms with E-state index >= 15 is 0 Å². The number of imidazole rings is 1. The van der Waals surface area contributed by atoms with Gasteiger partial charge in [-0.15, -0.1) is 11.8 Å². The number of H-pyrrole nitrogens is 1. The molecule has 0 unspecified atom stereocenters. The van der Waals surface area contributed by atoms with Gasteiger partial charge in [0.2, 0.25) is 0 Å². The number of nitrogens with one attached hydrogen (secondary N) is 2. The fraction of sp³-hybridized carbons (Fsp3) is 0.231. The normalized spacial score (nSPS) is 11.1. The van der Waals surface area contributed by atoms with Crippen molar-refractivity contribution in [3.8, 4) is 11.4 Å². The van der Waals surface area contributed by atoms with Crippen molar-refractivity contribution in [1.82, 2.24) is 19.9 Å². The second-order valence-electron chi connectivity index (χ2n) is 3.84. The minimum Gasteiger partial charge on any atom is -0.337 e. The van der Waals surface area contributed by atoms with Gasteiger partial charge in [-0.25, -0.2) is 15.0 Å². The van der Waals surface area contributed by atoms with Crippen LogP contribution in [0.4, 0.5) is 0 Å². The molecule has 0 fully saturated rings. The first kappa shape index (κ1) is 13.5. The maximum atomic E-state index is 7.56. The summed E-state index contributed by atoms with van der Waals surface area (Å²) in [5.41, 5.74) is 2.24. The minimum absolute atomic E-state index is 0.574. The van der Waals surface area contributed by atoms with Crippen LogP contribution in [-0.4, -0.2) is 31.9 Å². The molecule has 0 saturated heterocycles. The van der Waals surface area contributed by atoms with Gasteiger partial charge in [-0.1, -0.05) is 6.92 Å². The summed E-state index contributed by atoms with van der Waals surface area (Å²) in [6, 6.07) is 1.92. The maximum Gasteiger partial charge on any atom is 0.130 e. The van der Waals surface area contributed by atoms with Crippen molar-refractivity contribution in [2.75, 3.05) is 6.26 Å². The lowest BCUT2D eigenvalue weighted by atomic mass is 10.3. The van der Waals surface area contributed by atoms with Gasteiger partial charge in [0.15, 0.2) is 0 Å². The van der Waals surface area contributed by atoms with E-state index in [0.29, 0.717) is 12.1 Å². The maximum absolute atomic E-state index is 7.56. The van der Waals surface area contributed by atoms with Gasteiger partial charge < -0.3 is 10.4 Å². The van der Waals surface area contributed by atoms with Gasteiger partial charge in [-0.05, 0) is 30.9 Å². The molecule has 0 atom stereocenters. The molecule has 0 aliphatic rings. The number of aromatic amines is 1. The number of hydrogen-bond acceptors (Lipinski definition) is 5. The summed E-state index contributed by atoms with van der Waals surface area (Å²) < 4.78 is 0. The lowest BCUT2D eigenvalue weighted by Gasteiger charge is -1.98. The minimum atomic E-state index is 0.574. The standard InChI is InChI=1S/C13H15N5S/c1-3-9(14)4-5-12-15-7-11(18-12)10-6-13(19-2)17-8-16-10/h4-8,14H,3H2,1-2H3,(H,15,18)/b5-4-,14-9?. The molecule has 0 radical (unpaired) electrons. The summed E-state index contributed by atoms with van der Waals surface area (Å²) in [5.74, 6) is 0.720. The summed E-state index contributed by atoms with van der Waals surface area (Å²) >= 11 is 1.57. The van der Waals surface area contributed by atoms with Gasteiger partial charge in [0.1, 0.15) is 12.2 Å². The van der Waals surface area contributed by atoms with Crippen LogP contribution in [0.1, 0.15) is 19.2 Å². The Morgan fingerprint density at radius 2 is 2.26 bits per heavy atom. The molecule has 0 aromatic carbocycles. The molecule has 0 aliphatic carbocycles. The highest BCUT2D eigenvalue weighted by molar-refractivity contribution is 7.98. The molecule has 0 spiro atoms. The van der Waals surface area contributed by atoms with E-state index < -0.39 is 0 Å². The number of nitrogens with zero attached hydrogens (tertiary/aromatic N) is 3. The number of thioether (sulfide) groups is 1. The zero-order chi connectivity index (χ0) is 13.7. The van der Waals surface area contributed by atoms with Crippen LogP contribution in [0.5, 0.6) is 0 Å². The van der Waals surface area contributed by atoms with Crippen LogP contribution in [-0.2, 0) is 0 Å². The highest BCUT2D eigenvalue weighted by Crippen LogP contribution is 2.19. The Bertz CT molecular complexity index is 603. The first-order valence-electron chi connectivity index (χ1n) is 5.90. The smallest absolute Gasteiger partial charge is 0.130 e. The average molecular weight is 273 g/mol. The zero-order valence-electron chi connectivity index (χ0n) is 10.8. The van der Waals surface area contributed by atoms with Crippen LogP contribution in [0.15, 0.2) is 29.7 Å². The molecule has 0 amide bonds. The molecular weight excluding hydrogens is 258 g/mol. The molecule has 2 heterocycles. The van der Waals surface area contributed by atoms with Gasteiger partial charge in [0, 0.05) is 5.71 Å². The third-order valence-electron chi connectivity index (χ3n) is 2.55. The van der Waals surface area contributed by atoms with Crippen molar-refractivity contribution in [2.45, 2.75) is 18.4 Å². The van der Waals surface area contributed by atoms with E-state index in [2.05, 4.69) is 19.9 Å². The molecule has 2 aromatic heterocycles. The van der Waals surface area contributed by atoms with Crippen molar-refractivity contribution in [2.24, 2.45) is 0 Å². The predicted octanol–water partition coefficient (Wildman–Crippen LogP) is 3.03. The summed E-state index contributed by atoms with van der Waals surface area (Å²) in [7, 11) is 0. The van der Waals surface area contributed by atoms with Gasteiger partial charge in [0.05, 0.1) is 22.6 Å². The van der Waals surface area contributed by atoms with Crippen LogP contribution in [0.25, 0.3) is 17.5 Å². The topological polar surface area (TPSA) is 78.3 Å². The van der Waals surface area contributed by atoms with Crippen molar-refractivity contribution >= 4 is 23.5 Å². The quantitative estimate of drug-likeness (QED) is 0.498. The van der Waals surface area contributed by atoms with Gasteiger partial charge in [-0.2, -0.15) is 0 Å². The summed E-state index contributed by atoms with van der Waals surface area (Å²) in [5, 5.41) is 8.48. The summed E-state index contributed by atoms with van der Waals surface area (Å²) in [6.07, 6.45) is 9.52. The van der Waals surface area contributed by atoms with E-state index in [1.54, 1.807) is 36.4 Å². The fourth-order valence-electron chi connectivity index (χ4n) is 1.45. The van der Waals surface area contributed by atoms with E-state index in [0.717, 1.165) is 22.2 Å². The summed E-state index contributed by atoms with van der Waals surface area (Å²) in [6.45, 7) is 1.95. The lowest BCUT2D eigenvalue weighted by Crippen LogP contribution is -1.88. The van der Waals surface area contributed by atoms with Crippen molar-refractivity contribution in [3.05, 3.63) is 30.5 Å². The highest BCUT2D eigenvalue weighted by Gasteiger charge is 2.04. The molecule has 98 valence electrons. The molecule has 2 N–H and O–H groups in total. The van der Waals surface area contributed by atoms with Crippen molar-refractivity contribution in [3.63, 3.8) is 0 Å². The predicted molar refractivity (Wildman–Crippen MR) is 78.4 cm³/mol. The molecule has 19 heavy (non-hydrogen) atoms.